The van der Waals surface area contributed by atoms with Gasteiger partial charge in [-0.25, -0.2) is 0 Å². The van der Waals surface area contributed by atoms with E-state index in [1.54, 1.807) is 0 Å². The molecule has 0 aromatic heterocycles. The molecule has 3 aliphatic rings. The van der Waals surface area contributed by atoms with Crippen molar-refractivity contribution in [2.45, 2.75) is 51.0 Å². The van der Waals surface area contributed by atoms with Crippen LogP contribution in [0.3, 0.4) is 0 Å². The first kappa shape index (κ1) is 18.5. The number of aliphatic hydroxyl groups excluding tert-OH is 1. The first-order valence-corrected chi connectivity index (χ1v) is 10.8. The third kappa shape index (κ3) is 4.88. The van der Waals surface area contributed by atoms with Crippen LogP contribution in [0.4, 0.5) is 0 Å². The standard InChI is InChI=1S/C23H35NO2/c25-23(17-26-16-22-14-20-6-7-21(22)13-20)15-24-10-8-19(9-11-24)12-18-4-2-1-3-5-18/h1-5,19-23,25H,6-17H2/t20-,21-,22-,23+/m0/s1. The summed E-state index contributed by atoms with van der Waals surface area (Å²) in [5, 5.41) is 10.3. The number of fused-ring (bicyclic) bond motifs is 2. The summed E-state index contributed by atoms with van der Waals surface area (Å²) in [6, 6.07) is 10.8. The highest BCUT2D eigenvalue weighted by atomic mass is 16.5. The summed E-state index contributed by atoms with van der Waals surface area (Å²) in [5.74, 6) is 3.46. The van der Waals surface area contributed by atoms with Gasteiger partial charge in [-0.05, 0) is 80.8 Å². The van der Waals surface area contributed by atoms with Gasteiger partial charge in [-0.1, -0.05) is 36.8 Å². The summed E-state index contributed by atoms with van der Waals surface area (Å²) in [6.07, 6.45) is 9.03. The molecule has 4 rings (SSSR count). The van der Waals surface area contributed by atoms with Crippen LogP contribution in [-0.2, 0) is 11.2 Å². The molecule has 3 nitrogen and oxygen atoms in total. The van der Waals surface area contributed by atoms with E-state index in [-0.39, 0.29) is 6.10 Å². The minimum Gasteiger partial charge on any atom is -0.389 e. The van der Waals surface area contributed by atoms with Gasteiger partial charge in [0.2, 0.25) is 0 Å². The van der Waals surface area contributed by atoms with Gasteiger partial charge in [-0.15, -0.1) is 0 Å². The molecule has 1 heterocycles. The van der Waals surface area contributed by atoms with Gasteiger partial charge < -0.3 is 14.7 Å². The van der Waals surface area contributed by atoms with Crippen LogP contribution in [0.1, 0.15) is 44.1 Å². The average molecular weight is 358 g/mol. The van der Waals surface area contributed by atoms with Gasteiger partial charge in [-0.3, -0.25) is 0 Å². The van der Waals surface area contributed by atoms with Crippen molar-refractivity contribution in [2.24, 2.45) is 23.7 Å². The van der Waals surface area contributed by atoms with Gasteiger partial charge in [0.15, 0.2) is 0 Å². The normalized spacial score (nSPS) is 30.7. The number of β-amino-alcohol motifs (C(OH)–C–C–N with tert-alkyl or cyclic N) is 1. The van der Waals surface area contributed by atoms with Crippen molar-refractivity contribution in [2.75, 3.05) is 32.8 Å². The molecule has 1 aliphatic heterocycles. The molecule has 4 atom stereocenters. The van der Waals surface area contributed by atoms with Gasteiger partial charge in [0.1, 0.15) is 0 Å². The molecule has 1 aromatic rings. The second-order valence-corrected chi connectivity index (χ2v) is 9.06. The summed E-state index contributed by atoms with van der Waals surface area (Å²) in [6.45, 7) is 4.38. The predicted octanol–water partition coefficient (Wildman–Crippen LogP) is 3.75. The molecule has 0 amide bonds. The Morgan fingerprint density at radius 2 is 1.85 bits per heavy atom. The summed E-state index contributed by atoms with van der Waals surface area (Å²) in [5.41, 5.74) is 1.46. The molecule has 3 heteroatoms. The minimum absolute atomic E-state index is 0.334. The lowest BCUT2D eigenvalue weighted by atomic mass is 9.89. The number of rotatable bonds is 8. The van der Waals surface area contributed by atoms with Crippen LogP contribution in [0, 0.1) is 23.7 Å². The van der Waals surface area contributed by atoms with Crippen molar-refractivity contribution in [3.05, 3.63) is 35.9 Å². The highest BCUT2D eigenvalue weighted by Crippen LogP contribution is 2.48. The summed E-state index contributed by atoms with van der Waals surface area (Å²) in [7, 11) is 0. The van der Waals surface area contributed by atoms with Gasteiger partial charge in [-0.2, -0.15) is 0 Å². The Morgan fingerprint density at radius 1 is 1.04 bits per heavy atom. The molecule has 1 saturated heterocycles. The highest BCUT2D eigenvalue weighted by Gasteiger charge is 2.39. The van der Waals surface area contributed by atoms with Crippen LogP contribution in [0.5, 0.6) is 0 Å². The Bertz CT molecular complexity index is 540. The Morgan fingerprint density at radius 3 is 2.54 bits per heavy atom. The van der Waals surface area contributed by atoms with Crippen molar-refractivity contribution >= 4 is 0 Å². The lowest BCUT2D eigenvalue weighted by molar-refractivity contribution is -0.00629. The van der Waals surface area contributed by atoms with Crippen LogP contribution in [-0.4, -0.2) is 49.0 Å². The Labute approximate surface area is 158 Å². The average Bonchev–Trinajstić information content (AvgIpc) is 3.27. The zero-order valence-corrected chi connectivity index (χ0v) is 16.1. The van der Waals surface area contributed by atoms with E-state index >= 15 is 0 Å². The lowest BCUT2D eigenvalue weighted by Crippen LogP contribution is -2.40. The fourth-order valence-electron chi connectivity index (χ4n) is 5.61. The molecule has 2 aliphatic carbocycles. The number of likely N-dealkylation sites (tertiary alicyclic amines) is 1. The van der Waals surface area contributed by atoms with Crippen LogP contribution >= 0.6 is 0 Å². The monoisotopic (exact) mass is 357 g/mol. The van der Waals surface area contributed by atoms with Crippen LogP contribution in [0.15, 0.2) is 30.3 Å². The molecule has 2 saturated carbocycles. The molecular weight excluding hydrogens is 322 g/mol. The molecule has 0 radical (unpaired) electrons. The molecule has 0 spiro atoms. The van der Waals surface area contributed by atoms with Gasteiger partial charge in [0.05, 0.1) is 12.7 Å². The van der Waals surface area contributed by atoms with Crippen molar-refractivity contribution < 1.29 is 9.84 Å². The van der Waals surface area contributed by atoms with Gasteiger partial charge in [0, 0.05) is 13.2 Å². The predicted molar refractivity (Wildman–Crippen MR) is 105 cm³/mol. The summed E-state index contributed by atoms with van der Waals surface area (Å²) >= 11 is 0. The third-order valence-electron chi connectivity index (χ3n) is 7.07. The van der Waals surface area contributed by atoms with E-state index < -0.39 is 0 Å². The second kappa shape index (κ2) is 8.86. The van der Waals surface area contributed by atoms with E-state index in [0.29, 0.717) is 6.61 Å². The van der Waals surface area contributed by atoms with E-state index in [0.717, 1.165) is 49.9 Å². The first-order valence-electron chi connectivity index (χ1n) is 10.8. The van der Waals surface area contributed by atoms with E-state index in [1.165, 1.54) is 50.5 Å². The maximum Gasteiger partial charge on any atom is 0.0900 e. The molecule has 1 aromatic carbocycles. The van der Waals surface area contributed by atoms with Crippen molar-refractivity contribution in [3.8, 4) is 0 Å². The molecule has 1 N–H and O–H groups in total. The van der Waals surface area contributed by atoms with Crippen molar-refractivity contribution in [3.63, 3.8) is 0 Å². The SMILES string of the molecule is O[C@@H](COC[C@@H]1C[C@H]2CC[C@H]1C2)CN1CCC(Cc2ccccc2)CC1. The molecule has 26 heavy (non-hydrogen) atoms. The molecule has 2 bridgehead atoms. The number of piperidine rings is 1. The number of nitrogens with zero attached hydrogens (tertiary/aromatic N) is 1. The van der Waals surface area contributed by atoms with E-state index in [2.05, 4.69) is 35.2 Å². The number of hydrogen-bond acceptors (Lipinski definition) is 3. The Kier molecular flexibility index (Phi) is 6.29. The molecule has 3 fully saturated rings. The number of ether oxygens (including phenoxy) is 1. The smallest absolute Gasteiger partial charge is 0.0900 e. The largest absolute Gasteiger partial charge is 0.389 e. The van der Waals surface area contributed by atoms with E-state index in [4.69, 9.17) is 4.74 Å². The summed E-state index contributed by atoms with van der Waals surface area (Å²) < 4.78 is 5.90. The quantitative estimate of drug-likeness (QED) is 0.769. The van der Waals surface area contributed by atoms with E-state index in [9.17, 15) is 5.11 Å². The highest BCUT2D eigenvalue weighted by molar-refractivity contribution is 5.15. The fraction of sp³-hybridized carbons (Fsp3) is 0.739. The fourth-order valence-corrected chi connectivity index (χ4v) is 5.61. The molecule has 0 unspecified atom stereocenters. The van der Waals surface area contributed by atoms with Crippen molar-refractivity contribution in [1.82, 2.24) is 4.90 Å². The minimum atomic E-state index is -0.334. The maximum absolute atomic E-state index is 10.3. The van der Waals surface area contributed by atoms with Gasteiger partial charge in [0.25, 0.3) is 0 Å². The third-order valence-corrected chi connectivity index (χ3v) is 7.07. The lowest BCUT2D eigenvalue weighted by Gasteiger charge is -2.33. The summed E-state index contributed by atoms with van der Waals surface area (Å²) in [4.78, 5) is 2.42. The maximum atomic E-state index is 10.3. The Balaban J connectivity index is 1.10. The zero-order chi connectivity index (χ0) is 17.8. The number of benzene rings is 1. The second-order valence-electron chi connectivity index (χ2n) is 9.06. The molecular formula is C23H35NO2. The van der Waals surface area contributed by atoms with Crippen LogP contribution < -0.4 is 0 Å². The number of aliphatic hydroxyl groups is 1. The van der Waals surface area contributed by atoms with Crippen molar-refractivity contribution in [1.29, 1.82) is 0 Å². The van der Waals surface area contributed by atoms with E-state index in [1.807, 2.05) is 0 Å². The topological polar surface area (TPSA) is 32.7 Å². The molecule has 144 valence electrons. The van der Waals surface area contributed by atoms with Gasteiger partial charge >= 0.3 is 0 Å². The Hall–Kier alpha value is -0.900. The number of hydrogen-bond donors (Lipinski definition) is 1. The van der Waals surface area contributed by atoms with Crippen LogP contribution in [0.25, 0.3) is 0 Å². The van der Waals surface area contributed by atoms with Crippen LogP contribution in [0.2, 0.25) is 0 Å². The first-order chi connectivity index (χ1) is 12.8. The zero-order valence-electron chi connectivity index (χ0n) is 16.1.